The molecule has 3 heteroatoms. The van der Waals surface area contributed by atoms with Crippen molar-refractivity contribution >= 4 is 17.7 Å². The van der Waals surface area contributed by atoms with E-state index < -0.39 is 0 Å². The van der Waals surface area contributed by atoms with Gasteiger partial charge in [0.2, 0.25) is 0 Å². The van der Waals surface area contributed by atoms with Crippen molar-refractivity contribution in [3.63, 3.8) is 0 Å². The van der Waals surface area contributed by atoms with Crippen LogP contribution in [0.15, 0.2) is 42.5 Å². The molecule has 3 saturated carbocycles. The van der Waals surface area contributed by atoms with Gasteiger partial charge < -0.3 is 10.2 Å². The number of rotatable bonds is 4. The molecule has 3 aliphatic carbocycles. The maximum Gasteiger partial charge on any atom is 0.0610 e. The molecule has 0 aromatic heterocycles. The third kappa shape index (κ3) is 3.92. The Balaban J connectivity index is 1.52. The van der Waals surface area contributed by atoms with Crippen LogP contribution in [0, 0.1) is 28.6 Å². The number of benzene rings is 1. The maximum atomic E-state index is 11.5. The van der Waals surface area contributed by atoms with Crippen LogP contribution in [0.3, 0.4) is 0 Å². The lowest BCUT2D eigenvalue weighted by Crippen LogP contribution is -2.52. The summed E-state index contributed by atoms with van der Waals surface area (Å²) in [4.78, 5) is 0. The van der Waals surface area contributed by atoms with E-state index in [0.29, 0.717) is 17.8 Å². The molecule has 0 saturated heterocycles. The van der Waals surface area contributed by atoms with Gasteiger partial charge in [0, 0.05) is 5.02 Å². The van der Waals surface area contributed by atoms with E-state index in [1.165, 1.54) is 5.57 Å². The van der Waals surface area contributed by atoms with Crippen LogP contribution >= 0.6 is 11.6 Å². The number of halogens is 1. The molecular weight excluding hydrogens is 392 g/mol. The minimum Gasteiger partial charge on any atom is -0.393 e. The molecule has 164 valence electrons. The van der Waals surface area contributed by atoms with Gasteiger partial charge in [-0.25, -0.2) is 0 Å². The lowest BCUT2D eigenvalue weighted by Gasteiger charge is -2.55. The molecule has 4 rings (SSSR count). The summed E-state index contributed by atoms with van der Waals surface area (Å²) in [5.41, 5.74) is 2.67. The molecule has 2 N–H and O–H groups in total. The second kappa shape index (κ2) is 8.45. The second-order valence-corrected chi connectivity index (χ2v) is 11.1. The monoisotopic (exact) mass is 428 g/mol. The predicted molar refractivity (Wildman–Crippen MR) is 125 cm³/mol. The van der Waals surface area contributed by atoms with Crippen molar-refractivity contribution < 1.29 is 10.2 Å². The Bertz CT molecular complexity index is 800. The van der Waals surface area contributed by atoms with Crippen molar-refractivity contribution in [1.29, 1.82) is 0 Å². The van der Waals surface area contributed by atoms with Crippen LogP contribution in [-0.4, -0.2) is 22.4 Å². The van der Waals surface area contributed by atoms with Crippen LogP contribution in [0.5, 0.6) is 0 Å². The van der Waals surface area contributed by atoms with Crippen molar-refractivity contribution in [1.82, 2.24) is 0 Å². The summed E-state index contributed by atoms with van der Waals surface area (Å²) in [5, 5.41) is 22.7. The van der Waals surface area contributed by atoms with Crippen molar-refractivity contribution in [3.8, 4) is 0 Å². The van der Waals surface area contributed by atoms with E-state index in [1.54, 1.807) is 0 Å². The van der Waals surface area contributed by atoms with Gasteiger partial charge in [-0.15, -0.1) is 0 Å². The van der Waals surface area contributed by atoms with Gasteiger partial charge in [-0.05, 0) is 97.6 Å². The first-order valence-corrected chi connectivity index (χ1v) is 12.1. The van der Waals surface area contributed by atoms with Crippen LogP contribution in [0.4, 0.5) is 0 Å². The van der Waals surface area contributed by atoms with Crippen LogP contribution < -0.4 is 0 Å². The summed E-state index contributed by atoms with van der Waals surface area (Å²) in [6.07, 6.45) is 11.9. The minimum absolute atomic E-state index is 0.0637. The third-order valence-electron chi connectivity index (χ3n) is 9.14. The maximum absolute atomic E-state index is 11.5. The van der Waals surface area contributed by atoms with Crippen LogP contribution in [0.1, 0.15) is 70.8 Å². The largest absolute Gasteiger partial charge is 0.393 e. The number of aliphatic hydroxyl groups is 2. The first-order valence-electron chi connectivity index (χ1n) is 11.7. The van der Waals surface area contributed by atoms with Gasteiger partial charge in [0.1, 0.15) is 0 Å². The van der Waals surface area contributed by atoms with Gasteiger partial charge in [-0.2, -0.15) is 0 Å². The second-order valence-electron chi connectivity index (χ2n) is 10.6. The topological polar surface area (TPSA) is 40.5 Å². The molecule has 7 atom stereocenters. The van der Waals surface area contributed by atoms with E-state index in [9.17, 15) is 10.2 Å². The van der Waals surface area contributed by atoms with E-state index in [4.69, 9.17) is 11.6 Å². The van der Waals surface area contributed by atoms with E-state index >= 15 is 0 Å². The minimum atomic E-state index is -0.258. The molecule has 0 spiro atoms. The molecule has 0 aliphatic heterocycles. The normalized spacial score (nSPS) is 41.9. The number of fused-ring (bicyclic) bond motifs is 1. The molecule has 3 aliphatic rings. The van der Waals surface area contributed by atoms with E-state index in [1.807, 2.05) is 24.3 Å². The summed E-state index contributed by atoms with van der Waals surface area (Å²) >= 11 is 6.00. The lowest BCUT2D eigenvalue weighted by atomic mass is 9.51. The van der Waals surface area contributed by atoms with E-state index in [-0.39, 0.29) is 23.0 Å². The molecule has 0 amide bonds. The molecule has 0 radical (unpaired) electrons. The molecule has 0 bridgehead atoms. The van der Waals surface area contributed by atoms with Crippen LogP contribution in [-0.2, 0) is 0 Å². The summed E-state index contributed by atoms with van der Waals surface area (Å²) in [7, 11) is 0. The lowest BCUT2D eigenvalue weighted by molar-refractivity contribution is -0.118. The Kier molecular flexibility index (Phi) is 6.23. The summed E-state index contributed by atoms with van der Waals surface area (Å²) < 4.78 is 0. The zero-order valence-corrected chi connectivity index (χ0v) is 19.2. The Morgan fingerprint density at radius 3 is 2.53 bits per heavy atom. The Labute approximate surface area is 187 Å². The van der Waals surface area contributed by atoms with Gasteiger partial charge >= 0.3 is 0 Å². The first kappa shape index (κ1) is 22.1. The zero-order valence-electron chi connectivity index (χ0n) is 18.5. The molecular formula is C27H37ClO2. The average molecular weight is 429 g/mol. The number of hydrogen-bond donors (Lipinski definition) is 2. The zero-order chi connectivity index (χ0) is 21.5. The molecule has 3 fully saturated rings. The molecule has 2 nitrogen and oxygen atoms in total. The number of aliphatic hydroxyl groups excluding tert-OH is 2. The van der Waals surface area contributed by atoms with E-state index in [0.717, 1.165) is 62.0 Å². The highest BCUT2D eigenvalue weighted by molar-refractivity contribution is 6.30. The van der Waals surface area contributed by atoms with Gasteiger partial charge in [-0.3, -0.25) is 0 Å². The molecule has 3 unspecified atom stereocenters. The molecule has 1 aromatic rings. The smallest absolute Gasteiger partial charge is 0.0610 e. The summed E-state index contributed by atoms with van der Waals surface area (Å²) in [6.45, 7) is 9.05. The van der Waals surface area contributed by atoms with Crippen LogP contribution in [0.2, 0.25) is 5.02 Å². The Hall–Kier alpha value is -1.09. The fourth-order valence-corrected chi connectivity index (χ4v) is 7.05. The van der Waals surface area contributed by atoms with Gasteiger partial charge in [0.15, 0.2) is 0 Å². The van der Waals surface area contributed by atoms with Crippen LogP contribution in [0.25, 0.3) is 6.08 Å². The predicted octanol–water partition coefficient (Wildman–Crippen LogP) is 6.65. The molecule has 0 heterocycles. The third-order valence-corrected chi connectivity index (χ3v) is 9.39. The highest BCUT2D eigenvalue weighted by atomic mass is 35.5. The van der Waals surface area contributed by atoms with Crippen molar-refractivity contribution in [2.45, 2.75) is 77.4 Å². The van der Waals surface area contributed by atoms with Crippen molar-refractivity contribution in [3.05, 3.63) is 53.1 Å². The van der Waals surface area contributed by atoms with Crippen molar-refractivity contribution in [2.75, 3.05) is 0 Å². The quantitative estimate of drug-likeness (QED) is 0.526. The van der Waals surface area contributed by atoms with Gasteiger partial charge in [-0.1, -0.05) is 61.9 Å². The SMILES string of the molecule is C=C1CCC2[C@H](O)C([C@@]3(C)CC[C@H](O)C[C@@H]3CC=Cc3ccc(Cl)cc3)CCC12C. The Morgan fingerprint density at radius 1 is 1.07 bits per heavy atom. The number of allylic oxidation sites excluding steroid dienone is 2. The van der Waals surface area contributed by atoms with E-state index in [2.05, 4.69) is 32.6 Å². The standard InChI is InChI=1S/C27H37ClO2/c1-18-7-12-23-25(30)24(14-16-26(18,23)2)27(3)15-13-22(29)17-20(27)6-4-5-19-8-10-21(28)11-9-19/h4-5,8-11,20,22-25,29-30H,1,6-7,12-17H2,2-3H3/t20-,22-,23?,24?,25-,26?,27-/m0/s1. The first-order chi connectivity index (χ1) is 14.2. The highest BCUT2D eigenvalue weighted by Crippen LogP contribution is 2.61. The fourth-order valence-electron chi connectivity index (χ4n) is 6.93. The summed E-state index contributed by atoms with van der Waals surface area (Å²) in [6, 6.07) is 7.90. The van der Waals surface area contributed by atoms with Gasteiger partial charge in [0.05, 0.1) is 12.2 Å². The molecule has 30 heavy (non-hydrogen) atoms. The van der Waals surface area contributed by atoms with Gasteiger partial charge in [0.25, 0.3) is 0 Å². The molecule has 1 aromatic carbocycles. The highest BCUT2D eigenvalue weighted by Gasteiger charge is 2.56. The Morgan fingerprint density at radius 2 is 1.80 bits per heavy atom. The average Bonchev–Trinajstić information content (AvgIpc) is 3.02. The van der Waals surface area contributed by atoms with Crippen molar-refractivity contribution in [2.24, 2.45) is 28.6 Å². The fraction of sp³-hybridized carbons (Fsp3) is 0.630. The number of hydrogen-bond acceptors (Lipinski definition) is 2. The summed E-state index contributed by atoms with van der Waals surface area (Å²) in [5.74, 6) is 1.04.